The molecule has 1 aliphatic heterocycles. The zero-order chi connectivity index (χ0) is 15.0. The Bertz CT molecular complexity index is 726. The van der Waals surface area contributed by atoms with Gasteiger partial charge in [0.15, 0.2) is 0 Å². The summed E-state index contributed by atoms with van der Waals surface area (Å²) in [6.45, 7) is 9.58. The highest BCUT2D eigenvalue weighted by Gasteiger charge is 2.25. The molecule has 0 amide bonds. The number of nitrogens with zero attached hydrogens (tertiary/aromatic N) is 1. The van der Waals surface area contributed by atoms with Gasteiger partial charge in [0.1, 0.15) is 0 Å². The van der Waals surface area contributed by atoms with E-state index >= 15 is 0 Å². The molecule has 1 atom stereocenters. The minimum atomic E-state index is 0.0106. The van der Waals surface area contributed by atoms with Crippen LogP contribution >= 0.6 is 0 Å². The first-order valence-corrected chi connectivity index (χ1v) is 7.68. The Morgan fingerprint density at radius 3 is 2.81 bits per heavy atom. The lowest BCUT2D eigenvalue weighted by Crippen LogP contribution is -2.23. The maximum atomic E-state index is 4.09. The first-order valence-electron chi connectivity index (χ1n) is 7.68. The van der Waals surface area contributed by atoms with E-state index in [1.807, 2.05) is 0 Å². The van der Waals surface area contributed by atoms with Crippen LogP contribution in [-0.4, -0.2) is 13.6 Å². The Kier molecular flexibility index (Phi) is 3.36. The van der Waals surface area contributed by atoms with Gasteiger partial charge in [-0.25, -0.2) is 0 Å². The monoisotopic (exact) mass is 277 g/mol. The molecule has 0 aliphatic carbocycles. The van der Waals surface area contributed by atoms with Crippen molar-refractivity contribution in [1.29, 1.82) is 0 Å². The largest absolute Gasteiger partial charge is 0.370 e. The third kappa shape index (κ3) is 2.08. The van der Waals surface area contributed by atoms with Gasteiger partial charge in [0.2, 0.25) is 0 Å². The molecule has 3 rings (SSSR count). The smallest absolute Gasteiger partial charge is 0.0522 e. The van der Waals surface area contributed by atoms with Crippen molar-refractivity contribution >= 4 is 22.5 Å². The van der Waals surface area contributed by atoms with Gasteiger partial charge < -0.3 is 4.90 Å². The Morgan fingerprint density at radius 2 is 2.10 bits per heavy atom. The SMILES string of the molecule is C=CC(C)(CC)c1cccc2ccc3c(c12)N(C)CC=C3. The minimum Gasteiger partial charge on any atom is -0.370 e. The quantitative estimate of drug-likeness (QED) is 0.701. The molecule has 0 fully saturated rings. The van der Waals surface area contributed by atoms with Crippen LogP contribution in [0.2, 0.25) is 0 Å². The van der Waals surface area contributed by atoms with Crippen LogP contribution in [0.25, 0.3) is 16.8 Å². The fourth-order valence-corrected chi connectivity index (χ4v) is 3.27. The van der Waals surface area contributed by atoms with E-state index in [-0.39, 0.29) is 5.41 Å². The van der Waals surface area contributed by atoms with Crippen molar-refractivity contribution in [3.8, 4) is 0 Å². The van der Waals surface area contributed by atoms with Crippen molar-refractivity contribution in [3.05, 3.63) is 60.2 Å². The molecule has 21 heavy (non-hydrogen) atoms. The van der Waals surface area contributed by atoms with Gasteiger partial charge in [0.25, 0.3) is 0 Å². The zero-order valence-corrected chi connectivity index (χ0v) is 13.2. The van der Waals surface area contributed by atoms with E-state index in [0.29, 0.717) is 0 Å². The molecule has 0 spiro atoms. The van der Waals surface area contributed by atoms with Gasteiger partial charge in [0, 0.05) is 24.4 Å². The number of fused-ring (bicyclic) bond motifs is 3. The van der Waals surface area contributed by atoms with Gasteiger partial charge in [-0.1, -0.05) is 62.4 Å². The molecule has 2 aromatic rings. The van der Waals surface area contributed by atoms with E-state index in [1.165, 1.54) is 27.6 Å². The maximum Gasteiger partial charge on any atom is 0.0522 e. The van der Waals surface area contributed by atoms with E-state index in [0.717, 1.165) is 13.0 Å². The Labute approximate surface area is 127 Å². The van der Waals surface area contributed by atoms with Crippen LogP contribution in [0.4, 0.5) is 5.69 Å². The molecule has 108 valence electrons. The molecule has 0 radical (unpaired) electrons. The summed E-state index contributed by atoms with van der Waals surface area (Å²) in [6, 6.07) is 11.1. The van der Waals surface area contributed by atoms with Crippen molar-refractivity contribution in [2.24, 2.45) is 0 Å². The number of hydrogen-bond acceptors (Lipinski definition) is 1. The Balaban J connectivity index is 2.42. The van der Waals surface area contributed by atoms with Gasteiger partial charge in [-0.2, -0.15) is 0 Å². The van der Waals surface area contributed by atoms with Crippen LogP contribution < -0.4 is 4.90 Å². The molecule has 0 saturated heterocycles. The number of anilines is 1. The molecule has 1 heterocycles. The Hall–Kier alpha value is -2.02. The normalized spacial score (nSPS) is 16.6. The first kappa shape index (κ1) is 13.9. The molecule has 0 aromatic heterocycles. The van der Waals surface area contributed by atoms with Crippen LogP contribution in [0.15, 0.2) is 49.1 Å². The molecular weight excluding hydrogens is 254 g/mol. The predicted octanol–water partition coefficient (Wildman–Crippen LogP) is 5.16. The predicted molar refractivity (Wildman–Crippen MR) is 94.1 cm³/mol. The average molecular weight is 277 g/mol. The summed E-state index contributed by atoms with van der Waals surface area (Å²) in [6.07, 6.45) is 7.62. The lowest BCUT2D eigenvalue weighted by Gasteiger charge is -2.31. The van der Waals surface area contributed by atoms with Crippen molar-refractivity contribution in [2.45, 2.75) is 25.7 Å². The average Bonchev–Trinajstić information content (AvgIpc) is 2.53. The number of hydrogen-bond donors (Lipinski definition) is 0. The molecule has 0 N–H and O–H groups in total. The second-order valence-corrected chi connectivity index (χ2v) is 6.17. The second kappa shape index (κ2) is 5.07. The van der Waals surface area contributed by atoms with E-state index in [1.54, 1.807) is 0 Å². The molecule has 1 unspecified atom stereocenters. The van der Waals surface area contributed by atoms with Crippen LogP contribution in [0.3, 0.4) is 0 Å². The van der Waals surface area contributed by atoms with E-state index < -0.39 is 0 Å². The third-order valence-electron chi connectivity index (χ3n) is 4.91. The van der Waals surface area contributed by atoms with Crippen LogP contribution in [-0.2, 0) is 5.41 Å². The zero-order valence-electron chi connectivity index (χ0n) is 13.2. The highest BCUT2D eigenvalue weighted by atomic mass is 15.1. The van der Waals surface area contributed by atoms with E-state index in [2.05, 4.69) is 80.9 Å². The van der Waals surface area contributed by atoms with Crippen LogP contribution in [0.1, 0.15) is 31.4 Å². The van der Waals surface area contributed by atoms with Crippen LogP contribution in [0.5, 0.6) is 0 Å². The molecule has 1 nitrogen and oxygen atoms in total. The first-order chi connectivity index (χ1) is 10.1. The van der Waals surface area contributed by atoms with Gasteiger partial charge >= 0.3 is 0 Å². The fourth-order valence-electron chi connectivity index (χ4n) is 3.27. The molecule has 1 heteroatoms. The highest BCUT2D eigenvalue weighted by molar-refractivity contribution is 6.02. The maximum absolute atomic E-state index is 4.09. The third-order valence-corrected chi connectivity index (χ3v) is 4.91. The molecule has 2 aromatic carbocycles. The number of rotatable bonds is 3. The molecule has 0 bridgehead atoms. The van der Waals surface area contributed by atoms with Gasteiger partial charge in [-0.3, -0.25) is 0 Å². The molecular formula is C20H23N. The Morgan fingerprint density at radius 1 is 1.29 bits per heavy atom. The lowest BCUT2D eigenvalue weighted by molar-refractivity contribution is 0.579. The van der Waals surface area contributed by atoms with Gasteiger partial charge in [-0.15, -0.1) is 6.58 Å². The second-order valence-electron chi connectivity index (χ2n) is 6.17. The van der Waals surface area contributed by atoms with Gasteiger partial charge in [0.05, 0.1) is 5.69 Å². The highest BCUT2D eigenvalue weighted by Crippen LogP contribution is 2.41. The number of allylic oxidation sites excluding steroid dienone is 1. The molecule has 1 aliphatic rings. The van der Waals surface area contributed by atoms with E-state index in [4.69, 9.17) is 0 Å². The summed E-state index contributed by atoms with van der Waals surface area (Å²) in [5.41, 5.74) is 4.06. The summed E-state index contributed by atoms with van der Waals surface area (Å²) in [7, 11) is 2.18. The van der Waals surface area contributed by atoms with Crippen LogP contribution in [0, 0.1) is 0 Å². The van der Waals surface area contributed by atoms with Gasteiger partial charge in [-0.05, 0) is 22.9 Å². The van der Waals surface area contributed by atoms with Crippen molar-refractivity contribution in [2.75, 3.05) is 18.5 Å². The topological polar surface area (TPSA) is 3.24 Å². The summed E-state index contributed by atoms with van der Waals surface area (Å²) in [4.78, 5) is 2.35. The van der Waals surface area contributed by atoms with Crippen molar-refractivity contribution < 1.29 is 0 Å². The fraction of sp³-hybridized carbons (Fsp3) is 0.300. The molecule has 0 saturated carbocycles. The minimum absolute atomic E-state index is 0.0106. The standard InChI is InChI=1S/C20H23N/c1-5-20(3,6-2)17-11-7-9-15-12-13-16-10-8-14-21(4)19(16)18(15)17/h5,7-13H,1,6,14H2,2-4H3. The number of likely N-dealkylation sites (N-methyl/N-ethyl adjacent to an activating group) is 1. The summed E-state index contributed by atoms with van der Waals surface area (Å²) < 4.78 is 0. The van der Waals surface area contributed by atoms with E-state index in [9.17, 15) is 0 Å². The summed E-state index contributed by atoms with van der Waals surface area (Å²) in [5.74, 6) is 0. The van der Waals surface area contributed by atoms with Crippen molar-refractivity contribution in [1.82, 2.24) is 0 Å². The summed E-state index contributed by atoms with van der Waals surface area (Å²) in [5, 5.41) is 2.70. The number of benzene rings is 2. The summed E-state index contributed by atoms with van der Waals surface area (Å²) >= 11 is 0. The lowest BCUT2D eigenvalue weighted by atomic mass is 9.77. The van der Waals surface area contributed by atoms with Crippen molar-refractivity contribution in [3.63, 3.8) is 0 Å².